The molecule has 0 unspecified atom stereocenters. The van der Waals surface area contributed by atoms with Crippen molar-refractivity contribution in [2.75, 3.05) is 6.26 Å². The summed E-state index contributed by atoms with van der Waals surface area (Å²) in [6, 6.07) is 0. The molecule has 0 atom stereocenters. The van der Waals surface area contributed by atoms with E-state index in [0.29, 0.717) is 5.41 Å². The smallest absolute Gasteiger partial charge is 0.188 e. The highest BCUT2D eigenvalue weighted by Gasteiger charge is 2.53. The molecule has 0 aromatic carbocycles. The third-order valence-electron chi connectivity index (χ3n) is 5.20. The maximum Gasteiger partial charge on any atom is 0.188 e. The van der Waals surface area contributed by atoms with E-state index in [-0.39, 0.29) is 0 Å². The first-order chi connectivity index (χ1) is 8.27. The van der Waals surface area contributed by atoms with Crippen LogP contribution < -0.4 is 0 Å². The van der Waals surface area contributed by atoms with Gasteiger partial charge in [-0.1, -0.05) is 11.8 Å². The van der Waals surface area contributed by atoms with Crippen LogP contribution in [0, 0.1) is 17.8 Å². The second-order valence-corrected chi connectivity index (χ2v) is 7.18. The number of aromatic nitrogens is 3. The van der Waals surface area contributed by atoms with Crippen molar-refractivity contribution < 1.29 is 0 Å². The van der Waals surface area contributed by atoms with E-state index in [4.69, 9.17) is 0 Å². The number of hydrogen-bond donors (Lipinski definition) is 1. The fourth-order valence-corrected chi connectivity index (χ4v) is 5.30. The third kappa shape index (κ3) is 1.49. The average Bonchev–Trinajstić information content (AvgIpc) is 2.76. The summed E-state index contributed by atoms with van der Waals surface area (Å²) in [7, 11) is 0. The van der Waals surface area contributed by atoms with Gasteiger partial charge in [-0.2, -0.15) is 0 Å². The molecule has 0 saturated heterocycles. The van der Waals surface area contributed by atoms with Gasteiger partial charge < -0.3 is 4.98 Å². The normalized spacial score (nSPS) is 43.2. The van der Waals surface area contributed by atoms with Crippen LogP contribution in [0.1, 0.15) is 44.3 Å². The van der Waals surface area contributed by atoms with Crippen molar-refractivity contribution in [2.24, 2.45) is 17.8 Å². The Hall–Kier alpha value is -0.510. The molecule has 4 saturated carbocycles. The molecule has 0 aliphatic heterocycles. The SMILES string of the molecule is CSc1nnc(C23CC4CC(CC(C4)C2)C3)[nH]1. The van der Waals surface area contributed by atoms with Crippen LogP contribution in [0.3, 0.4) is 0 Å². The van der Waals surface area contributed by atoms with Crippen LogP contribution >= 0.6 is 11.8 Å². The highest BCUT2D eigenvalue weighted by Crippen LogP contribution is 2.60. The van der Waals surface area contributed by atoms with Crippen LogP contribution in [0.5, 0.6) is 0 Å². The lowest BCUT2D eigenvalue weighted by Crippen LogP contribution is -2.49. The van der Waals surface area contributed by atoms with Crippen LogP contribution in [0.4, 0.5) is 0 Å². The second kappa shape index (κ2) is 3.50. The van der Waals surface area contributed by atoms with Gasteiger partial charge in [0.15, 0.2) is 5.16 Å². The van der Waals surface area contributed by atoms with Crippen molar-refractivity contribution in [3.8, 4) is 0 Å². The Labute approximate surface area is 106 Å². The van der Waals surface area contributed by atoms with Crippen molar-refractivity contribution >= 4 is 11.8 Å². The number of nitrogens with one attached hydrogen (secondary N) is 1. The fraction of sp³-hybridized carbons (Fsp3) is 0.846. The van der Waals surface area contributed by atoms with Gasteiger partial charge in [-0.25, -0.2) is 0 Å². The summed E-state index contributed by atoms with van der Waals surface area (Å²) in [5.74, 6) is 4.12. The van der Waals surface area contributed by atoms with Gasteiger partial charge in [0, 0.05) is 5.41 Å². The van der Waals surface area contributed by atoms with Gasteiger partial charge in [0.05, 0.1) is 0 Å². The molecular formula is C13H19N3S. The first-order valence-corrected chi connectivity index (χ1v) is 7.97. The number of thioether (sulfide) groups is 1. The number of aromatic amines is 1. The average molecular weight is 249 g/mol. The van der Waals surface area contributed by atoms with E-state index in [0.717, 1.165) is 22.9 Å². The van der Waals surface area contributed by atoms with E-state index < -0.39 is 0 Å². The van der Waals surface area contributed by atoms with E-state index in [2.05, 4.69) is 21.4 Å². The van der Waals surface area contributed by atoms with Gasteiger partial charge in [-0.3, -0.25) is 0 Å². The molecule has 4 fully saturated rings. The molecule has 92 valence electrons. The van der Waals surface area contributed by atoms with Gasteiger partial charge in [0.2, 0.25) is 0 Å². The van der Waals surface area contributed by atoms with Gasteiger partial charge >= 0.3 is 0 Å². The Balaban J connectivity index is 1.72. The molecule has 1 aromatic rings. The third-order valence-corrected chi connectivity index (χ3v) is 5.77. The summed E-state index contributed by atoms with van der Waals surface area (Å²) in [4.78, 5) is 3.46. The predicted octanol–water partition coefficient (Wildman–Crippen LogP) is 2.99. The molecule has 5 rings (SSSR count). The standard InChI is InChI=1S/C13H19N3S/c1-17-12-14-11(15-16-12)13-5-8-2-9(6-13)4-10(3-8)7-13/h8-10H,2-7H2,1H3,(H,14,15,16). The highest BCUT2D eigenvalue weighted by molar-refractivity contribution is 7.98. The minimum absolute atomic E-state index is 0.371. The van der Waals surface area contributed by atoms with Crippen LogP contribution in [0.2, 0.25) is 0 Å². The van der Waals surface area contributed by atoms with Crippen LogP contribution in [-0.2, 0) is 5.41 Å². The minimum atomic E-state index is 0.371. The summed E-state index contributed by atoms with van der Waals surface area (Å²) in [6.45, 7) is 0. The zero-order valence-corrected chi connectivity index (χ0v) is 11.1. The summed E-state index contributed by atoms with van der Waals surface area (Å²) in [5, 5.41) is 9.68. The maximum atomic E-state index is 4.45. The lowest BCUT2D eigenvalue weighted by atomic mass is 9.49. The molecular weight excluding hydrogens is 230 g/mol. The molecule has 3 nitrogen and oxygen atoms in total. The maximum absolute atomic E-state index is 4.45. The lowest BCUT2D eigenvalue weighted by Gasteiger charge is -2.55. The van der Waals surface area contributed by atoms with E-state index in [1.807, 2.05) is 0 Å². The molecule has 1 heterocycles. The molecule has 1 N–H and O–H groups in total. The monoisotopic (exact) mass is 249 g/mol. The number of nitrogens with zero attached hydrogens (tertiary/aromatic N) is 2. The number of H-pyrrole nitrogens is 1. The molecule has 4 aliphatic rings. The van der Waals surface area contributed by atoms with Crippen molar-refractivity contribution in [1.82, 2.24) is 15.2 Å². The number of rotatable bonds is 2. The predicted molar refractivity (Wildman–Crippen MR) is 68.0 cm³/mol. The van der Waals surface area contributed by atoms with Crippen LogP contribution in [-0.4, -0.2) is 21.4 Å². The summed E-state index contributed by atoms with van der Waals surface area (Å²) in [5.41, 5.74) is 0.371. The largest absolute Gasteiger partial charge is 0.319 e. The molecule has 0 radical (unpaired) electrons. The summed E-state index contributed by atoms with van der Waals surface area (Å²) < 4.78 is 0. The van der Waals surface area contributed by atoms with Crippen LogP contribution in [0.15, 0.2) is 5.16 Å². The minimum Gasteiger partial charge on any atom is -0.319 e. The second-order valence-electron chi connectivity index (χ2n) is 6.38. The quantitative estimate of drug-likeness (QED) is 0.819. The molecule has 0 amide bonds. The molecule has 4 heteroatoms. The summed E-state index contributed by atoms with van der Waals surface area (Å²) >= 11 is 1.66. The van der Waals surface area contributed by atoms with Gasteiger partial charge in [0.1, 0.15) is 5.82 Å². The molecule has 1 aromatic heterocycles. The van der Waals surface area contributed by atoms with Crippen molar-refractivity contribution in [3.63, 3.8) is 0 Å². The Morgan fingerprint density at radius 3 is 2.12 bits per heavy atom. The lowest BCUT2D eigenvalue weighted by molar-refractivity contribution is -0.00931. The Bertz CT molecular complexity index is 404. The van der Waals surface area contributed by atoms with Crippen molar-refractivity contribution in [1.29, 1.82) is 0 Å². The zero-order valence-electron chi connectivity index (χ0n) is 10.3. The Morgan fingerprint density at radius 1 is 1.06 bits per heavy atom. The van der Waals surface area contributed by atoms with E-state index in [1.165, 1.54) is 44.3 Å². The number of hydrogen-bond acceptors (Lipinski definition) is 3. The van der Waals surface area contributed by atoms with Crippen molar-refractivity contribution in [2.45, 2.75) is 49.1 Å². The molecule has 4 bridgehead atoms. The Kier molecular flexibility index (Phi) is 2.14. The summed E-state index contributed by atoms with van der Waals surface area (Å²) in [6.07, 6.45) is 10.6. The highest BCUT2D eigenvalue weighted by atomic mass is 32.2. The molecule has 17 heavy (non-hydrogen) atoms. The van der Waals surface area contributed by atoms with Crippen molar-refractivity contribution in [3.05, 3.63) is 5.82 Å². The fourth-order valence-electron chi connectivity index (χ4n) is 4.98. The topological polar surface area (TPSA) is 41.6 Å². The van der Waals surface area contributed by atoms with E-state index in [1.54, 1.807) is 11.8 Å². The van der Waals surface area contributed by atoms with E-state index in [9.17, 15) is 0 Å². The van der Waals surface area contributed by atoms with Gasteiger partial charge in [0.25, 0.3) is 0 Å². The molecule has 4 aliphatic carbocycles. The van der Waals surface area contributed by atoms with Gasteiger partial charge in [-0.15, -0.1) is 10.2 Å². The molecule has 0 spiro atoms. The van der Waals surface area contributed by atoms with Gasteiger partial charge in [-0.05, 0) is 62.5 Å². The Morgan fingerprint density at radius 2 is 1.65 bits per heavy atom. The first-order valence-electron chi connectivity index (χ1n) is 6.74. The first kappa shape index (κ1) is 10.4. The van der Waals surface area contributed by atoms with E-state index >= 15 is 0 Å². The van der Waals surface area contributed by atoms with Crippen LogP contribution in [0.25, 0.3) is 0 Å². The zero-order chi connectivity index (χ0) is 11.5.